The number of hydrogen-bond donors (Lipinski definition) is 1. The van der Waals surface area contributed by atoms with E-state index in [9.17, 15) is 4.79 Å². The van der Waals surface area contributed by atoms with Crippen LogP contribution in [0.25, 0.3) is 0 Å². The third-order valence-corrected chi connectivity index (χ3v) is 2.90. The van der Waals surface area contributed by atoms with Gasteiger partial charge in [-0.3, -0.25) is 4.79 Å². The first-order valence-electron chi connectivity index (χ1n) is 5.21. The van der Waals surface area contributed by atoms with Crippen LogP contribution in [0.5, 0.6) is 5.75 Å². The maximum atomic E-state index is 12.0. The van der Waals surface area contributed by atoms with Crippen molar-refractivity contribution in [2.75, 3.05) is 13.7 Å². The SMILES string of the molecule is CCC(CN)C(=O)c1ccc(Cl)c(OC)c1. The number of Topliss-reactive ketones (excluding diaryl/α,β-unsaturated/α-hetero) is 1. The summed E-state index contributed by atoms with van der Waals surface area (Å²) < 4.78 is 5.07. The fraction of sp³-hybridized carbons (Fsp3) is 0.417. The van der Waals surface area contributed by atoms with E-state index in [-0.39, 0.29) is 11.7 Å². The molecule has 0 radical (unpaired) electrons. The number of halogens is 1. The average molecular weight is 242 g/mol. The Bertz CT molecular complexity index is 375. The maximum Gasteiger partial charge on any atom is 0.167 e. The Labute approximate surface area is 101 Å². The van der Waals surface area contributed by atoms with Gasteiger partial charge in [0.2, 0.25) is 0 Å². The fourth-order valence-corrected chi connectivity index (χ4v) is 1.70. The molecule has 0 aliphatic carbocycles. The minimum atomic E-state index is -0.133. The molecule has 4 heteroatoms. The summed E-state index contributed by atoms with van der Waals surface area (Å²) in [6.45, 7) is 2.31. The van der Waals surface area contributed by atoms with Crippen LogP contribution in [0.15, 0.2) is 18.2 Å². The minimum Gasteiger partial charge on any atom is -0.495 e. The van der Waals surface area contributed by atoms with Gasteiger partial charge >= 0.3 is 0 Å². The predicted molar refractivity (Wildman–Crippen MR) is 65.2 cm³/mol. The van der Waals surface area contributed by atoms with E-state index >= 15 is 0 Å². The molecule has 3 nitrogen and oxygen atoms in total. The maximum absolute atomic E-state index is 12.0. The first-order valence-corrected chi connectivity index (χ1v) is 5.59. The molecule has 1 rings (SSSR count). The molecule has 1 aromatic carbocycles. The number of rotatable bonds is 5. The molecule has 1 aromatic rings. The van der Waals surface area contributed by atoms with Gasteiger partial charge in [-0.25, -0.2) is 0 Å². The van der Waals surface area contributed by atoms with Crippen LogP contribution in [0.1, 0.15) is 23.7 Å². The predicted octanol–water partition coefficient (Wildman–Crippen LogP) is 2.52. The Morgan fingerprint density at radius 3 is 2.75 bits per heavy atom. The number of carbonyl (C=O) groups excluding carboxylic acids is 1. The summed E-state index contributed by atoms with van der Waals surface area (Å²) in [5.41, 5.74) is 6.14. The van der Waals surface area contributed by atoms with Gasteiger partial charge < -0.3 is 10.5 Å². The molecule has 0 aliphatic heterocycles. The molecule has 1 unspecified atom stereocenters. The van der Waals surface area contributed by atoms with Crippen LogP contribution in [0, 0.1) is 5.92 Å². The first-order chi connectivity index (χ1) is 7.63. The van der Waals surface area contributed by atoms with Gasteiger partial charge in [0.05, 0.1) is 12.1 Å². The van der Waals surface area contributed by atoms with Gasteiger partial charge in [0.15, 0.2) is 5.78 Å². The Kier molecular flexibility index (Phi) is 4.77. The molecule has 16 heavy (non-hydrogen) atoms. The van der Waals surface area contributed by atoms with E-state index in [1.807, 2.05) is 6.92 Å². The van der Waals surface area contributed by atoms with E-state index in [0.29, 0.717) is 22.9 Å². The average Bonchev–Trinajstić information content (AvgIpc) is 2.31. The highest BCUT2D eigenvalue weighted by molar-refractivity contribution is 6.32. The number of methoxy groups -OCH3 is 1. The highest BCUT2D eigenvalue weighted by Crippen LogP contribution is 2.26. The monoisotopic (exact) mass is 241 g/mol. The number of ether oxygens (including phenoxy) is 1. The minimum absolute atomic E-state index is 0.0416. The fourth-order valence-electron chi connectivity index (χ4n) is 1.51. The molecular formula is C12H16ClNO2. The lowest BCUT2D eigenvalue weighted by atomic mass is 9.95. The molecule has 0 fully saturated rings. The van der Waals surface area contributed by atoms with E-state index in [4.69, 9.17) is 22.1 Å². The molecule has 0 spiro atoms. The zero-order valence-corrected chi connectivity index (χ0v) is 10.3. The number of benzene rings is 1. The number of nitrogens with two attached hydrogens (primary N) is 1. The van der Waals surface area contributed by atoms with Crippen LogP contribution in [-0.2, 0) is 0 Å². The molecular weight excluding hydrogens is 226 g/mol. The largest absolute Gasteiger partial charge is 0.495 e. The standard InChI is InChI=1S/C12H16ClNO2/c1-3-8(7-14)12(15)9-4-5-10(13)11(6-9)16-2/h4-6,8H,3,7,14H2,1-2H3. The molecule has 0 amide bonds. The second-order valence-electron chi connectivity index (χ2n) is 3.55. The van der Waals surface area contributed by atoms with Crippen LogP contribution < -0.4 is 10.5 Å². The van der Waals surface area contributed by atoms with E-state index in [2.05, 4.69) is 0 Å². The number of ketones is 1. The topological polar surface area (TPSA) is 52.3 Å². The highest BCUT2D eigenvalue weighted by Gasteiger charge is 2.17. The van der Waals surface area contributed by atoms with Gasteiger partial charge in [0.1, 0.15) is 5.75 Å². The molecule has 0 bridgehead atoms. The quantitative estimate of drug-likeness (QED) is 0.806. The third-order valence-electron chi connectivity index (χ3n) is 2.58. The van der Waals surface area contributed by atoms with Crippen LogP contribution >= 0.6 is 11.6 Å². The smallest absolute Gasteiger partial charge is 0.167 e. The van der Waals surface area contributed by atoms with Gasteiger partial charge in [0, 0.05) is 18.0 Å². The second kappa shape index (κ2) is 5.87. The van der Waals surface area contributed by atoms with Crippen molar-refractivity contribution < 1.29 is 9.53 Å². The van der Waals surface area contributed by atoms with Crippen molar-refractivity contribution in [3.05, 3.63) is 28.8 Å². The molecule has 0 aliphatic rings. The zero-order valence-electron chi connectivity index (χ0n) is 9.50. The van der Waals surface area contributed by atoms with Gasteiger partial charge in [-0.2, -0.15) is 0 Å². The summed E-state index contributed by atoms with van der Waals surface area (Å²) >= 11 is 5.89. The Hall–Kier alpha value is -1.06. The van der Waals surface area contributed by atoms with Crippen molar-refractivity contribution in [3.63, 3.8) is 0 Å². The normalized spacial score (nSPS) is 12.2. The van der Waals surface area contributed by atoms with Gasteiger partial charge in [0.25, 0.3) is 0 Å². The molecule has 0 heterocycles. The van der Waals surface area contributed by atoms with Gasteiger partial charge in [-0.05, 0) is 24.6 Å². The summed E-state index contributed by atoms with van der Waals surface area (Å²) in [4.78, 5) is 12.0. The molecule has 0 saturated heterocycles. The third kappa shape index (κ3) is 2.74. The van der Waals surface area contributed by atoms with Crippen molar-refractivity contribution in [1.29, 1.82) is 0 Å². The van der Waals surface area contributed by atoms with E-state index in [0.717, 1.165) is 6.42 Å². The summed E-state index contributed by atoms with van der Waals surface area (Å²) in [5.74, 6) is 0.422. The van der Waals surface area contributed by atoms with Crippen LogP contribution in [0.3, 0.4) is 0 Å². The van der Waals surface area contributed by atoms with Crippen molar-refractivity contribution in [2.45, 2.75) is 13.3 Å². The molecule has 1 atom stereocenters. The molecule has 0 aromatic heterocycles. The Morgan fingerprint density at radius 2 is 2.25 bits per heavy atom. The van der Waals surface area contributed by atoms with Crippen molar-refractivity contribution >= 4 is 17.4 Å². The van der Waals surface area contributed by atoms with E-state index in [1.54, 1.807) is 18.2 Å². The van der Waals surface area contributed by atoms with E-state index in [1.165, 1.54) is 7.11 Å². The zero-order chi connectivity index (χ0) is 12.1. The van der Waals surface area contributed by atoms with Crippen LogP contribution in [0.4, 0.5) is 0 Å². The first kappa shape index (κ1) is 13.0. The van der Waals surface area contributed by atoms with Crippen LogP contribution in [0.2, 0.25) is 5.02 Å². The number of carbonyl (C=O) groups is 1. The number of hydrogen-bond acceptors (Lipinski definition) is 3. The molecule has 2 N–H and O–H groups in total. The van der Waals surface area contributed by atoms with Gasteiger partial charge in [-0.15, -0.1) is 0 Å². The lowest BCUT2D eigenvalue weighted by molar-refractivity contribution is 0.0921. The lowest BCUT2D eigenvalue weighted by Crippen LogP contribution is -2.23. The summed E-state index contributed by atoms with van der Waals surface area (Å²) in [7, 11) is 1.52. The van der Waals surface area contributed by atoms with Crippen molar-refractivity contribution in [1.82, 2.24) is 0 Å². The van der Waals surface area contributed by atoms with Crippen molar-refractivity contribution in [3.8, 4) is 5.75 Å². The van der Waals surface area contributed by atoms with Crippen molar-refractivity contribution in [2.24, 2.45) is 11.7 Å². The summed E-state index contributed by atoms with van der Waals surface area (Å²) in [6.07, 6.45) is 0.736. The Balaban J connectivity index is 3.00. The molecule has 0 saturated carbocycles. The summed E-state index contributed by atoms with van der Waals surface area (Å²) in [5, 5.41) is 0.500. The summed E-state index contributed by atoms with van der Waals surface area (Å²) in [6, 6.07) is 5.02. The van der Waals surface area contributed by atoms with E-state index < -0.39 is 0 Å². The molecule has 88 valence electrons. The van der Waals surface area contributed by atoms with Crippen LogP contribution in [-0.4, -0.2) is 19.4 Å². The van der Waals surface area contributed by atoms with Gasteiger partial charge in [-0.1, -0.05) is 18.5 Å². The Morgan fingerprint density at radius 1 is 1.56 bits per heavy atom. The lowest BCUT2D eigenvalue weighted by Gasteiger charge is -2.12. The second-order valence-corrected chi connectivity index (χ2v) is 3.96. The highest BCUT2D eigenvalue weighted by atomic mass is 35.5.